The van der Waals surface area contributed by atoms with Crippen molar-refractivity contribution in [2.75, 3.05) is 18.1 Å². The van der Waals surface area contributed by atoms with Crippen LogP contribution in [0.25, 0.3) is 0 Å². The van der Waals surface area contributed by atoms with Crippen molar-refractivity contribution in [1.29, 1.82) is 0 Å². The molecular formula is C13H25NOS. The van der Waals surface area contributed by atoms with Gasteiger partial charge in [-0.25, -0.2) is 0 Å². The first kappa shape index (κ1) is 12.7. The fourth-order valence-corrected chi connectivity index (χ4v) is 4.08. The molecule has 0 aromatic heterocycles. The molecule has 1 aliphatic carbocycles. The van der Waals surface area contributed by atoms with Crippen LogP contribution in [-0.4, -0.2) is 35.3 Å². The second kappa shape index (κ2) is 6.87. The van der Waals surface area contributed by atoms with E-state index < -0.39 is 0 Å². The molecule has 1 heterocycles. The van der Waals surface area contributed by atoms with Crippen LogP contribution in [-0.2, 0) is 0 Å². The van der Waals surface area contributed by atoms with Gasteiger partial charge < -0.3 is 10.4 Å². The number of thioether (sulfide) groups is 1. The Labute approximate surface area is 104 Å². The minimum atomic E-state index is -0.00390. The van der Waals surface area contributed by atoms with Crippen molar-refractivity contribution >= 4 is 11.8 Å². The third-order valence-electron chi connectivity index (χ3n) is 3.98. The van der Waals surface area contributed by atoms with E-state index >= 15 is 0 Å². The van der Waals surface area contributed by atoms with Crippen molar-refractivity contribution in [3.63, 3.8) is 0 Å². The molecule has 2 N–H and O–H groups in total. The highest BCUT2D eigenvalue weighted by Gasteiger charge is 2.22. The lowest BCUT2D eigenvalue weighted by molar-refractivity contribution is 0.0642. The minimum absolute atomic E-state index is 0.00390. The first-order valence-electron chi connectivity index (χ1n) is 6.85. The molecule has 2 nitrogen and oxygen atoms in total. The average molecular weight is 243 g/mol. The number of hydrogen-bond donors (Lipinski definition) is 2. The maximum Gasteiger partial charge on any atom is 0.0568 e. The number of aliphatic hydroxyl groups is 1. The summed E-state index contributed by atoms with van der Waals surface area (Å²) in [6, 6.07) is 0.765. The van der Waals surface area contributed by atoms with Crippen LogP contribution < -0.4 is 5.32 Å². The summed E-state index contributed by atoms with van der Waals surface area (Å²) in [4.78, 5) is 0. The van der Waals surface area contributed by atoms with Gasteiger partial charge in [0.1, 0.15) is 0 Å². The number of hydrogen-bond acceptors (Lipinski definition) is 3. The Bertz CT molecular complexity index is 194. The fourth-order valence-electron chi connectivity index (χ4n) is 2.89. The Balaban J connectivity index is 1.53. The SMILES string of the molecule is OC1CCCCC1CCCNC1CCSC1. The van der Waals surface area contributed by atoms with Gasteiger partial charge in [0.25, 0.3) is 0 Å². The van der Waals surface area contributed by atoms with Crippen LogP contribution in [0.2, 0.25) is 0 Å². The van der Waals surface area contributed by atoms with E-state index in [1.807, 2.05) is 0 Å². The Morgan fingerprint density at radius 3 is 2.81 bits per heavy atom. The second-order valence-electron chi connectivity index (χ2n) is 5.27. The third-order valence-corrected chi connectivity index (χ3v) is 5.15. The topological polar surface area (TPSA) is 32.3 Å². The summed E-state index contributed by atoms with van der Waals surface area (Å²) in [5.74, 6) is 3.22. The van der Waals surface area contributed by atoms with Gasteiger partial charge >= 0.3 is 0 Å². The molecule has 3 unspecified atom stereocenters. The van der Waals surface area contributed by atoms with Crippen LogP contribution in [0.1, 0.15) is 44.9 Å². The van der Waals surface area contributed by atoms with E-state index in [1.54, 1.807) is 0 Å². The highest BCUT2D eigenvalue weighted by Crippen LogP contribution is 2.27. The molecule has 16 heavy (non-hydrogen) atoms. The molecule has 1 saturated carbocycles. The molecule has 2 rings (SSSR count). The maximum absolute atomic E-state index is 9.86. The highest BCUT2D eigenvalue weighted by atomic mass is 32.2. The molecule has 2 fully saturated rings. The molecule has 94 valence electrons. The van der Waals surface area contributed by atoms with Crippen LogP contribution in [0.5, 0.6) is 0 Å². The van der Waals surface area contributed by atoms with Gasteiger partial charge in [-0.3, -0.25) is 0 Å². The Morgan fingerprint density at radius 2 is 2.06 bits per heavy atom. The molecule has 0 bridgehead atoms. The maximum atomic E-state index is 9.86. The number of nitrogens with one attached hydrogen (secondary N) is 1. The molecule has 1 aliphatic heterocycles. The predicted molar refractivity (Wildman–Crippen MR) is 70.9 cm³/mol. The fraction of sp³-hybridized carbons (Fsp3) is 1.00. The summed E-state index contributed by atoms with van der Waals surface area (Å²) < 4.78 is 0. The molecule has 3 atom stereocenters. The summed E-state index contributed by atoms with van der Waals surface area (Å²) >= 11 is 2.07. The van der Waals surface area contributed by atoms with Crippen LogP contribution in [0.15, 0.2) is 0 Å². The van der Waals surface area contributed by atoms with Gasteiger partial charge in [0, 0.05) is 11.8 Å². The zero-order chi connectivity index (χ0) is 11.2. The second-order valence-corrected chi connectivity index (χ2v) is 6.42. The molecule has 0 spiro atoms. The summed E-state index contributed by atoms with van der Waals surface area (Å²) in [6.45, 7) is 1.15. The first-order valence-corrected chi connectivity index (χ1v) is 8.01. The van der Waals surface area contributed by atoms with E-state index in [-0.39, 0.29) is 6.10 Å². The Hall–Kier alpha value is 0.270. The van der Waals surface area contributed by atoms with Crippen molar-refractivity contribution in [3.05, 3.63) is 0 Å². The van der Waals surface area contributed by atoms with Crippen molar-refractivity contribution in [2.45, 2.75) is 57.1 Å². The van der Waals surface area contributed by atoms with Crippen molar-refractivity contribution in [2.24, 2.45) is 5.92 Å². The summed E-state index contributed by atoms with van der Waals surface area (Å²) in [5.41, 5.74) is 0. The normalized spacial score (nSPS) is 35.4. The molecule has 3 heteroatoms. The van der Waals surface area contributed by atoms with Gasteiger partial charge in [0.2, 0.25) is 0 Å². The van der Waals surface area contributed by atoms with Crippen molar-refractivity contribution in [1.82, 2.24) is 5.32 Å². The van der Waals surface area contributed by atoms with E-state index in [4.69, 9.17) is 0 Å². The summed E-state index contributed by atoms with van der Waals surface area (Å²) in [5, 5.41) is 13.5. The smallest absolute Gasteiger partial charge is 0.0568 e. The van der Waals surface area contributed by atoms with E-state index in [0.29, 0.717) is 5.92 Å². The quantitative estimate of drug-likeness (QED) is 0.727. The molecule has 0 radical (unpaired) electrons. The molecule has 0 aromatic carbocycles. The first-order chi connectivity index (χ1) is 7.86. The van der Waals surface area contributed by atoms with Crippen LogP contribution >= 0.6 is 11.8 Å². The Kier molecular flexibility index (Phi) is 5.46. The molecule has 0 amide bonds. The number of rotatable bonds is 5. The van der Waals surface area contributed by atoms with E-state index in [0.717, 1.165) is 19.0 Å². The molecular weight excluding hydrogens is 218 g/mol. The van der Waals surface area contributed by atoms with Gasteiger partial charge in [-0.2, -0.15) is 11.8 Å². The lowest BCUT2D eigenvalue weighted by Crippen LogP contribution is -2.31. The van der Waals surface area contributed by atoms with E-state index in [2.05, 4.69) is 17.1 Å². The molecule has 2 aliphatic rings. The van der Waals surface area contributed by atoms with E-state index in [9.17, 15) is 5.11 Å². The van der Waals surface area contributed by atoms with Gasteiger partial charge in [-0.15, -0.1) is 0 Å². The molecule has 0 aromatic rings. The lowest BCUT2D eigenvalue weighted by atomic mass is 9.83. The third kappa shape index (κ3) is 3.94. The van der Waals surface area contributed by atoms with E-state index in [1.165, 1.54) is 50.0 Å². The minimum Gasteiger partial charge on any atom is -0.393 e. The number of aliphatic hydroxyl groups excluding tert-OH is 1. The van der Waals surface area contributed by atoms with Crippen LogP contribution in [0.3, 0.4) is 0 Å². The van der Waals surface area contributed by atoms with Crippen LogP contribution in [0.4, 0.5) is 0 Å². The summed E-state index contributed by atoms with van der Waals surface area (Å²) in [7, 11) is 0. The predicted octanol–water partition coefficient (Wildman–Crippen LogP) is 2.41. The van der Waals surface area contributed by atoms with Crippen molar-refractivity contribution < 1.29 is 5.11 Å². The highest BCUT2D eigenvalue weighted by molar-refractivity contribution is 7.99. The Morgan fingerprint density at radius 1 is 1.19 bits per heavy atom. The van der Waals surface area contributed by atoms with Gasteiger partial charge in [-0.05, 0) is 50.3 Å². The van der Waals surface area contributed by atoms with Gasteiger partial charge in [0.15, 0.2) is 0 Å². The van der Waals surface area contributed by atoms with Crippen molar-refractivity contribution in [3.8, 4) is 0 Å². The summed E-state index contributed by atoms with van der Waals surface area (Å²) in [6.07, 6.45) is 8.64. The van der Waals surface area contributed by atoms with Gasteiger partial charge in [0.05, 0.1) is 6.10 Å². The largest absolute Gasteiger partial charge is 0.393 e. The molecule has 1 saturated heterocycles. The zero-order valence-corrected chi connectivity index (χ0v) is 11.0. The zero-order valence-electron chi connectivity index (χ0n) is 10.2. The lowest BCUT2D eigenvalue weighted by Gasteiger charge is -2.27. The standard InChI is InChI=1S/C13H25NOS/c15-13-6-2-1-4-11(13)5-3-8-14-12-7-9-16-10-12/h11-15H,1-10H2. The van der Waals surface area contributed by atoms with Gasteiger partial charge in [-0.1, -0.05) is 12.8 Å². The monoisotopic (exact) mass is 243 g/mol. The van der Waals surface area contributed by atoms with Crippen LogP contribution in [0, 0.1) is 5.92 Å². The average Bonchev–Trinajstić information content (AvgIpc) is 2.79.